The first-order valence-electron chi connectivity index (χ1n) is 6.21. The van der Waals surface area contributed by atoms with Crippen LogP contribution in [0.4, 0.5) is 9.59 Å². The van der Waals surface area contributed by atoms with Crippen LogP contribution in [0.1, 0.15) is 5.56 Å². The van der Waals surface area contributed by atoms with Crippen LogP contribution in [0, 0.1) is 0 Å². The van der Waals surface area contributed by atoms with Gasteiger partial charge in [0, 0.05) is 13.0 Å². The molecule has 0 aliphatic rings. The second-order valence-corrected chi connectivity index (χ2v) is 4.63. The van der Waals surface area contributed by atoms with Crippen molar-refractivity contribution in [3.05, 3.63) is 35.9 Å². The number of aliphatic hydroxyl groups excluding tert-OH is 1. The Labute approximate surface area is 121 Å². The van der Waals surface area contributed by atoms with Crippen LogP contribution in [0.15, 0.2) is 30.3 Å². The van der Waals surface area contributed by atoms with Gasteiger partial charge in [-0.1, -0.05) is 30.3 Å². The molecule has 0 radical (unpaired) electrons. The van der Waals surface area contributed by atoms with Gasteiger partial charge in [0.1, 0.15) is 11.7 Å². The third kappa shape index (κ3) is 5.67. The average Bonchev–Trinajstić information content (AvgIpc) is 2.43. The summed E-state index contributed by atoms with van der Waals surface area (Å²) in [4.78, 5) is 21.0. The topological polar surface area (TPSA) is 139 Å². The Kier molecular flexibility index (Phi) is 5.94. The molecule has 1 aromatic carbocycles. The van der Waals surface area contributed by atoms with Crippen molar-refractivity contribution in [1.82, 2.24) is 10.6 Å². The van der Waals surface area contributed by atoms with Crippen molar-refractivity contribution in [2.45, 2.75) is 18.1 Å². The summed E-state index contributed by atoms with van der Waals surface area (Å²) in [5, 5.41) is 41.6. The fourth-order valence-corrected chi connectivity index (χ4v) is 1.85. The molecule has 2 unspecified atom stereocenters. The molecule has 0 heterocycles. The molecule has 0 spiro atoms. The van der Waals surface area contributed by atoms with Gasteiger partial charge in [0.25, 0.3) is 0 Å². The lowest BCUT2D eigenvalue weighted by Gasteiger charge is -2.33. The van der Waals surface area contributed by atoms with Crippen LogP contribution >= 0.6 is 0 Å². The zero-order chi connectivity index (χ0) is 15.9. The molecule has 0 aromatic heterocycles. The summed E-state index contributed by atoms with van der Waals surface area (Å²) in [7, 11) is 0. The number of carboxylic acid groups (broad SMARTS) is 2. The second kappa shape index (κ2) is 7.46. The minimum absolute atomic E-state index is 0.0312. The standard InChI is InChI=1S/C13H18N2O6/c16-10(7-14-11(17)18)13(21,8-15-12(19)20)6-9-4-2-1-3-5-9/h1-5,10,14-16,21H,6-8H2,(H,17,18)(H,19,20). The van der Waals surface area contributed by atoms with Gasteiger partial charge in [-0.15, -0.1) is 0 Å². The molecule has 0 aliphatic heterocycles. The smallest absolute Gasteiger partial charge is 0.404 e. The number of amides is 2. The maximum atomic E-state index is 10.6. The molecular weight excluding hydrogens is 280 g/mol. The van der Waals surface area contributed by atoms with Crippen LogP contribution in [0.2, 0.25) is 0 Å². The van der Waals surface area contributed by atoms with Crippen molar-refractivity contribution >= 4 is 12.2 Å². The summed E-state index contributed by atoms with van der Waals surface area (Å²) in [6, 6.07) is 8.68. The number of aliphatic hydroxyl groups is 2. The van der Waals surface area contributed by atoms with Crippen molar-refractivity contribution in [3.8, 4) is 0 Å². The quantitative estimate of drug-likeness (QED) is 0.414. The van der Waals surface area contributed by atoms with E-state index >= 15 is 0 Å². The number of hydrogen-bond acceptors (Lipinski definition) is 4. The molecule has 0 bridgehead atoms. The van der Waals surface area contributed by atoms with Crippen LogP contribution in [0.3, 0.4) is 0 Å². The second-order valence-electron chi connectivity index (χ2n) is 4.63. The molecule has 8 heteroatoms. The van der Waals surface area contributed by atoms with E-state index in [1.54, 1.807) is 30.3 Å². The van der Waals surface area contributed by atoms with Gasteiger partial charge in [-0.05, 0) is 5.56 Å². The monoisotopic (exact) mass is 298 g/mol. The van der Waals surface area contributed by atoms with Gasteiger partial charge in [0.2, 0.25) is 0 Å². The Morgan fingerprint density at radius 1 is 1.10 bits per heavy atom. The molecule has 21 heavy (non-hydrogen) atoms. The Morgan fingerprint density at radius 2 is 1.67 bits per heavy atom. The normalized spacial score (nSPS) is 14.8. The van der Waals surface area contributed by atoms with Crippen molar-refractivity contribution in [1.29, 1.82) is 0 Å². The fraction of sp³-hybridized carbons (Fsp3) is 0.385. The van der Waals surface area contributed by atoms with E-state index in [0.717, 1.165) is 0 Å². The van der Waals surface area contributed by atoms with Gasteiger partial charge >= 0.3 is 12.2 Å². The molecule has 116 valence electrons. The molecule has 2 amide bonds. The van der Waals surface area contributed by atoms with Crippen molar-refractivity contribution in [2.75, 3.05) is 13.1 Å². The zero-order valence-electron chi connectivity index (χ0n) is 11.2. The minimum Gasteiger partial charge on any atom is -0.465 e. The fourth-order valence-electron chi connectivity index (χ4n) is 1.85. The van der Waals surface area contributed by atoms with E-state index in [2.05, 4.69) is 0 Å². The summed E-state index contributed by atoms with van der Waals surface area (Å²) in [5.41, 5.74) is -1.15. The minimum atomic E-state index is -1.83. The van der Waals surface area contributed by atoms with E-state index in [-0.39, 0.29) is 6.42 Å². The van der Waals surface area contributed by atoms with E-state index < -0.39 is 37.0 Å². The zero-order valence-corrected chi connectivity index (χ0v) is 11.2. The maximum Gasteiger partial charge on any atom is 0.404 e. The summed E-state index contributed by atoms with van der Waals surface area (Å²) >= 11 is 0. The van der Waals surface area contributed by atoms with Gasteiger partial charge in [-0.2, -0.15) is 0 Å². The molecule has 8 nitrogen and oxygen atoms in total. The van der Waals surface area contributed by atoms with Crippen LogP contribution < -0.4 is 10.6 Å². The highest BCUT2D eigenvalue weighted by molar-refractivity contribution is 5.65. The SMILES string of the molecule is O=C(O)NCC(O)C(O)(CNC(=O)O)Cc1ccccc1. The van der Waals surface area contributed by atoms with Gasteiger partial charge in [-0.25, -0.2) is 9.59 Å². The van der Waals surface area contributed by atoms with Crippen molar-refractivity contribution < 1.29 is 30.0 Å². The Morgan fingerprint density at radius 3 is 2.19 bits per heavy atom. The van der Waals surface area contributed by atoms with E-state index in [1.807, 2.05) is 10.6 Å². The number of nitrogens with one attached hydrogen (secondary N) is 2. The first kappa shape index (κ1) is 16.7. The first-order valence-corrected chi connectivity index (χ1v) is 6.21. The number of rotatable bonds is 7. The number of carbonyl (C=O) groups is 2. The van der Waals surface area contributed by atoms with E-state index in [0.29, 0.717) is 5.56 Å². The molecule has 0 fully saturated rings. The largest absolute Gasteiger partial charge is 0.465 e. The van der Waals surface area contributed by atoms with E-state index in [9.17, 15) is 19.8 Å². The maximum absolute atomic E-state index is 10.6. The van der Waals surface area contributed by atoms with Crippen molar-refractivity contribution in [2.24, 2.45) is 0 Å². The van der Waals surface area contributed by atoms with Crippen molar-refractivity contribution in [3.63, 3.8) is 0 Å². The Hall–Kier alpha value is -2.32. The van der Waals surface area contributed by atoms with E-state index in [4.69, 9.17) is 10.2 Å². The highest BCUT2D eigenvalue weighted by Crippen LogP contribution is 2.17. The van der Waals surface area contributed by atoms with Gasteiger partial charge in [0.15, 0.2) is 0 Å². The Balaban J connectivity index is 2.82. The lowest BCUT2D eigenvalue weighted by Crippen LogP contribution is -2.56. The number of benzene rings is 1. The van der Waals surface area contributed by atoms with Gasteiger partial charge in [-0.3, -0.25) is 0 Å². The lowest BCUT2D eigenvalue weighted by atomic mass is 9.88. The average molecular weight is 298 g/mol. The number of hydrogen-bond donors (Lipinski definition) is 6. The van der Waals surface area contributed by atoms with Crippen LogP contribution in [0.25, 0.3) is 0 Å². The summed E-state index contributed by atoms with van der Waals surface area (Å²) in [6.45, 7) is -0.848. The third-order valence-corrected chi connectivity index (χ3v) is 2.97. The molecule has 0 saturated heterocycles. The highest BCUT2D eigenvalue weighted by Gasteiger charge is 2.36. The molecule has 2 atom stereocenters. The lowest BCUT2D eigenvalue weighted by molar-refractivity contribution is -0.0695. The third-order valence-electron chi connectivity index (χ3n) is 2.97. The van der Waals surface area contributed by atoms with E-state index in [1.165, 1.54) is 0 Å². The van der Waals surface area contributed by atoms with Crippen LogP contribution in [-0.2, 0) is 6.42 Å². The molecular formula is C13H18N2O6. The predicted molar refractivity (Wildman–Crippen MR) is 73.2 cm³/mol. The summed E-state index contributed by atoms with van der Waals surface area (Å²) in [5.74, 6) is 0. The highest BCUT2D eigenvalue weighted by atomic mass is 16.4. The predicted octanol–water partition coefficient (Wildman–Crippen LogP) is -0.144. The molecule has 6 N–H and O–H groups in total. The Bertz CT molecular complexity index is 481. The van der Waals surface area contributed by atoms with Gasteiger partial charge < -0.3 is 31.1 Å². The molecule has 1 aromatic rings. The van der Waals surface area contributed by atoms with Crippen LogP contribution in [-0.4, -0.2) is 57.4 Å². The molecule has 1 rings (SSSR count). The van der Waals surface area contributed by atoms with Crippen LogP contribution in [0.5, 0.6) is 0 Å². The summed E-state index contributed by atoms with van der Waals surface area (Å²) in [6.07, 6.45) is -4.20. The summed E-state index contributed by atoms with van der Waals surface area (Å²) < 4.78 is 0. The first-order chi connectivity index (χ1) is 9.83. The molecule has 0 aliphatic carbocycles. The van der Waals surface area contributed by atoms with Gasteiger partial charge in [0.05, 0.1) is 6.54 Å². The molecule has 0 saturated carbocycles.